The Morgan fingerprint density at radius 2 is 1.88 bits per heavy atom. The molecule has 3 rings (SSSR count). The molecular weight excluding hydrogens is 414 g/mol. The minimum atomic E-state index is 0.600. The summed E-state index contributed by atoms with van der Waals surface area (Å²) in [5, 5.41) is 4.47. The van der Waals surface area contributed by atoms with Gasteiger partial charge in [-0.25, -0.2) is 0 Å². The molecule has 7 nitrogen and oxygen atoms in total. The van der Waals surface area contributed by atoms with Crippen molar-refractivity contribution in [2.75, 3.05) is 62.9 Å². The SMILES string of the molecule is CCCN(CCC)c1cc(N/N=C/c2cc(C)ccc2C)nc(OCCN2CCOCC2)c1. The van der Waals surface area contributed by atoms with Gasteiger partial charge in [0.1, 0.15) is 6.61 Å². The first-order valence-electron chi connectivity index (χ1n) is 12.1. The van der Waals surface area contributed by atoms with Gasteiger partial charge in [-0.15, -0.1) is 0 Å². The summed E-state index contributed by atoms with van der Waals surface area (Å²) in [4.78, 5) is 9.42. The standard InChI is InChI=1S/C26H39N5O2/c1-5-9-31(10-6-2)24-18-25(29-27-20-23-17-21(3)7-8-22(23)4)28-26(19-24)33-16-13-30-11-14-32-15-12-30/h7-8,17-20H,5-6,9-16H2,1-4H3,(H,28,29)/b27-20+. The first kappa shape index (κ1) is 25.0. The van der Waals surface area contributed by atoms with E-state index < -0.39 is 0 Å². The van der Waals surface area contributed by atoms with Crippen LogP contribution in [0.2, 0.25) is 0 Å². The molecule has 0 atom stereocenters. The van der Waals surface area contributed by atoms with Crippen molar-refractivity contribution in [1.82, 2.24) is 9.88 Å². The highest BCUT2D eigenvalue weighted by Gasteiger charge is 2.12. The van der Waals surface area contributed by atoms with Crippen LogP contribution in [0.3, 0.4) is 0 Å². The number of ether oxygens (including phenoxy) is 2. The quantitative estimate of drug-likeness (QED) is 0.378. The second kappa shape index (κ2) is 13.2. The molecule has 0 radical (unpaired) electrons. The Hall–Kier alpha value is -2.64. The van der Waals surface area contributed by atoms with Gasteiger partial charge in [0.15, 0.2) is 5.82 Å². The van der Waals surface area contributed by atoms with Crippen molar-refractivity contribution in [3.05, 3.63) is 47.0 Å². The summed E-state index contributed by atoms with van der Waals surface area (Å²) in [7, 11) is 0. The zero-order valence-corrected chi connectivity index (χ0v) is 20.6. The largest absolute Gasteiger partial charge is 0.476 e. The van der Waals surface area contributed by atoms with E-state index in [1.54, 1.807) is 0 Å². The number of aryl methyl sites for hydroxylation is 2. The van der Waals surface area contributed by atoms with Crippen molar-refractivity contribution < 1.29 is 9.47 Å². The number of rotatable bonds is 12. The van der Waals surface area contributed by atoms with E-state index >= 15 is 0 Å². The van der Waals surface area contributed by atoms with Crippen LogP contribution >= 0.6 is 0 Å². The summed E-state index contributed by atoms with van der Waals surface area (Å²) in [6, 6.07) is 10.5. The summed E-state index contributed by atoms with van der Waals surface area (Å²) < 4.78 is 11.5. The van der Waals surface area contributed by atoms with E-state index in [1.807, 2.05) is 12.3 Å². The fourth-order valence-electron chi connectivity index (χ4n) is 3.89. The highest BCUT2D eigenvalue weighted by molar-refractivity contribution is 5.82. The van der Waals surface area contributed by atoms with E-state index in [0.29, 0.717) is 18.3 Å². The van der Waals surface area contributed by atoms with E-state index in [0.717, 1.165) is 70.0 Å². The molecule has 0 amide bonds. The molecule has 2 heterocycles. The summed E-state index contributed by atoms with van der Waals surface area (Å²) in [5.74, 6) is 1.31. The van der Waals surface area contributed by atoms with Gasteiger partial charge in [0.25, 0.3) is 0 Å². The van der Waals surface area contributed by atoms with Crippen molar-refractivity contribution >= 4 is 17.7 Å². The Morgan fingerprint density at radius 3 is 2.61 bits per heavy atom. The lowest BCUT2D eigenvalue weighted by atomic mass is 10.1. The third-order valence-corrected chi connectivity index (χ3v) is 5.72. The van der Waals surface area contributed by atoms with Gasteiger partial charge in [0, 0.05) is 50.5 Å². The Kier molecular flexibility index (Phi) is 9.97. The average Bonchev–Trinajstić information content (AvgIpc) is 2.82. The topological polar surface area (TPSA) is 62.2 Å². The number of morpholine rings is 1. The third kappa shape index (κ3) is 8.02. The summed E-state index contributed by atoms with van der Waals surface area (Å²) >= 11 is 0. The number of benzene rings is 1. The van der Waals surface area contributed by atoms with Gasteiger partial charge in [0.05, 0.1) is 19.4 Å². The fraction of sp³-hybridized carbons (Fsp3) is 0.538. The molecule has 0 aliphatic carbocycles. The second-order valence-electron chi connectivity index (χ2n) is 8.57. The highest BCUT2D eigenvalue weighted by atomic mass is 16.5. The highest BCUT2D eigenvalue weighted by Crippen LogP contribution is 2.25. The molecule has 7 heteroatoms. The van der Waals surface area contributed by atoms with Gasteiger partial charge in [-0.05, 0) is 37.8 Å². The van der Waals surface area contributed by atoms with Gasteiger partial charge in [-0.1, -0.05) is 37.6 Å². The number of nitrogens with one attached hydrogen (secondary N) is 1. The van der Waals surface area contributed by atoms with Crippen LogP contribution in [0.4, 0.5) is 11.5 Å². The molecule has 33 heavy (non-hydrogen) atoms. The van der Waals surface area contributed by atoms with Crippen molar-refractivity contribution in [2.45, 2.75) is 40.5 Å². The number of hydrogen-bond donors (Lipinski definition) is 1. The first-order valence-corrected chi connectivity index (χ1v) is 12.1. The van der Waals surface area contributed by atoms with Crippen molar-refractivity contribution in [1.29, 1.82) is 0 Å². The van der Waals surface area contributed by atoms with E-state index in [1.165, 1.54) is 11.1 Å². The van der Waals surface area contributed by atoms with Crippen LogP contribution < -0.4 is 15.1 Å². The number of anilines is 2. The van der Waals surface area contributed by atoms with E-state index in [4.69, 9.17) is 9.47 Å². The van der Waals surface area contributed by atoms with Gasteiger partial charge in [-0.3, -0.25) is 10.3 Å². The predicted octanol–water partition coefficient (Wildman–Crippen LogP) is 4.48. The van der Waals surface area contributed by atoms with Gasteiger partial charge >= 0.3 is 0 Å². The average molecular weight is 454 g/mol. The molecule has 1 aromatic carbocycles. The van der Waals surface area contributed by atoms with Crippen LogP contribution in [0.15, 0.2) is 35.4 Å². The predicted molar refractivity (Wildman–Crippen MR) is 137 cm³/mol. The molecule has 1 saturated heterocycles. The van der Waals surface area contributed by atoms with E-state index in [-0.39, 0.29) is 0 Å². The minimum Gasteiger partial charge on any atom is -0.476 e. The number of hydrazone groups is 1. The molecule has 0 bridgehead atoms. The van der Waals surface area contributed by atoms with Crippen molar-refractivity contribution in [3.8, 4) is 5.88 Å². The first-order chi connectivity index (χ1) is 16.1. The van der Waals surface area contributed by atoms with E-state index in [2.05, 4.69) is 77.3 Å². The monoisotopic (exact) mass is 453 g/mol. The Bertz CT molecular complexity index is 890. The molecule has 0 unspecified atom stereocenters. The third-order valence-electron chi connectivity index (χ3n) is 5.72. The number of pyridine rings is 1. The lowest BCUT2D eigenvalue weighted by molar-refractivity contribution is 0.0320. The minimum absolute atomic E-state index is 0.600. The maximum absolute atomic E-state index is 6.08. The van der Waals surface area contributed by atoms with Crippen LogP contribution in [0, 0.1) is 13.8 Å². The summed E-state index contributed by atoms with van der Waals surface area (Å²) in [6.07, 6.45) is 4.03. The lowest BCUT2D eigenvalue weighted by Gasteiger charge is -2.26. The zero-order valence-electron chi connectivity index (χ0n) is 20.6. The molecule has 1 aliphatic rings. The Balaban J connectivity index is 1.73. The Labute approximate surface area is 198 Å². The molecular formula is C26H39N5O2. The van der Waals surface area contributed by atoms with Crippen LogP contribution in [-0.4, -0.2) is 68.6 Å². The van der Waals surface area contributed by atoms with Crippen LogP contribution in [-0.2, 0) is 4.74 Å². The second-order valence-corrected chi connectivity index (χ2v) is 8.57. The van der Waals surface area contributed by atoms with Crippen LogP contribution in [0.1, 0.15) is 43.4 Å². The molecule has 1 N–H and O–H groups in total. The number of nitrogens with zero attached hydrogens (tertiary/aromatic N) is 4. The van der Waals surface area contributed by atoms with Gasteiger partial charge < -0.3 is 14.4 Å². The van der Waals surface area contributed by atoms with Gasteiger partial charge in [-0.2, -0.15) is 10.1 Å². The van der Waals surface area contributed by atoms with E-state index in [9.17, 15) is 0 Å². The maximum atomic E-state index is 6.08. The molecule has 180 valence electrons. The molecule has 0 saturated carbocycles. The molecule has 1 fully saturated rings. The summed E-state index contributed by atoms with van der Waals surface area (Å²) in [5.41, 5.74) is 7.74. The smallest absolute Gasteiger partial charge is 0.217 e. The fourth-order valence-corrected chi connectivity index (χ4v) is 3.89. The normalized spacial score (nSPS) is 14.5. The van der Waals surface area contributed by atoms with Crippen LogP contribution in [0.25, 0.3) is 0 Å². The number of hydrogen-bond acceptors (Lipinski definition) is 7. The molecule has 2 aromatic rings. The zero-order chi connectivity index (χ0) is 23.5. The Morgan fingerprint density at radius 1 is 1.12 bits per heavy atom. The summed E-state index contributed by atoms with van der Waals surface area (Å²) in [6.45, 7) is 15.6. The number of aromatic nitrogens is 1. The molecule has 1 aromatic heterocycles. The van der Waals surface area contributed by atoms with Crippen molar-refractivity contribution in [2.24, 2.45) is 5.10 Å². The van der Waals surface area contributed by atoms with Crippen LogP contribution in [0.5, 0.6) is 5.88 Å². The van der Waals surface area contributed by atoms with Crippen molar-refractivity contribution in [3.63, 3.8) is 0 Å². The molecule has 1 aliphatic heterocycles. The van der Waals surface area contributed by atoms with Gasteiger partial charge in [0.2, 0.25) is 5.88 Å². The molecule has 0 spiro atoms. The lowest BCUT2D eigenvalue weighted by Crippen LogP contribution is -2.38. The maximum Gasteiger partial charge on any atom is 0.217 e.